The minimum atomic E-state index is -0.250. The first-order valence-electron chi connectivity index (χ1n) is 4.91. The maximum atomic E-state index is 9.21. The molecule has 0 bridgehead atoms. The lowest BCUT2D eigenvalue weighted by molar-refractivity contribution is 0.168. The van der Waals surface area contributed by atoms with E-state index in [0.29, 0.717) is 6.04 Å². The molecule has 0 amide bonds. The predicted molar refractivity (Wildman–Crippen MR) is 59.4 cm³/mol. The molecule has 80 valence electrons. The van der Waals surface area contributed by atoms with Gasteiger partial charge in [0.25, 0.3) is 0 Å². The molecule has 4 heteroatoms. The van der Waals surface area contributed by atoms with Gasteiger partial charge in [-0.1, -0.05) is 0 Å². The van der Waals surface area contributed by atoms with Crippen molar-refractivity contribution in [3.8, 4) is 0 Å². The van der Waals surface area contributed by atoms with Gasteiger partial charge >= 0.3 is 0 Å². The standard InChI is InChI=1S/C10H18N2OS/c1-7(4-8(2)13)12-9(3)10-5-14-6-11-10/h5-9,12-13H,4H2,1-3H3. The van der Waals surface area contributed by atoms with E-state index in [2.05, 4.69) is 24.1 Å². The summed E-state index contributed by atoms with van der Waals surface area (Å²) < 4.78 is 0. The van der Waals surface area contributed by atoms with Crippen LogP contribution in [-0.4, -0.2) is 22.2 Å². The van der Waals surface area contributed by atoms with Crippen molar-refractivity contribution in [2.75, 3.05) is 0 Å². The van der Waals surface area contributed by atoms with Crippen LogP contribution in [0.3, 0.4) is 0 Å². The van der Waals surface area contributed by atoms with Crippen LogP contribution in [0.2, 0.25) is 0 Å². The number of hydrogen-bond donors (Lipinski definition) is 2. The Hall–Kier alpha value is -0.450. The first kappa shape index (κ1) is 11.6. The number of rotatable bonds is 5. The second-order valence-electron chi connectivity index (χ2n) is 3.79. The lowest BCUT2D eigenvalue weighted by Crippen LogP contribution is -2.31. The van der Waals surface area contributed by atoms with Crippen molar-refractivity contribution < 1.29 is 5.11 Å². The number of nitrogens with one attached hydrogen (secondary N) is 1. The number of nitrogens with zero attached hydrogens (tertiary/aromatic N) is 1. The largest absolute Gasteiger partial charge is 0.393 e. The van der Waals surface area contributed by atoms with Gasteiger partial charge in [0.1, 0.15) is 0 Å². The average Bonchev–Trinajstić information content (AvgIpc) is 2.53. The van der Waals surface area contributed by atoms with Gasteiger partial charge in [-0.15, -0.1) is 11.3 Å². The molecule has 2 N–H and O–H groups in total. The van der Waals surface area contributed by atoms with Crippen LogP contribution < -0.4 is 5.32 Å². The molecule has 0 spiro atoms. The molecule has 1 rings (SSSR count). The van der Waals surface area contributed by atoms with Gasteiger partial charge in [-0.3, -0.25) is 0 Å². The Morgan fingerprint density at radius 3 is 2.71 bits per heavy atom. The summed E-state index contributed by atoms with van der Waals surface area (Å²) >= 11 is 1.61. The monoisotopic (exact) mass is 214 g/mol. The van der Waals surface area contributed by atoms with E-state index in [9.17, 15) is 5.11 Å². The molecule has 0 radical (unpaired) electrons. The Labute approximate surface area is 89.2 Å². The molecule has 0 aliphatic rings. The fraction of sp³-hybridized carbons (Fsp3) is 0.700. The summed E-state index contributed by atoms with van der Waals surface area (Å²) in [5.41, 5.74) is 2.92. The van der Waals surface area contributed by atoms with E-state index in [4.69, 9.17) is 0 Å². The van der Waals surface area contributed by atoms with Gasteiger partial charge in [-0.05, 0) is 27.2 Å². The van der Waals surface area contributed by atoms with Crippen molar-refractivity contribution in [1.82, 2.24) is 10.3 Å². The lowest BCUT2D eigenvalue weighted by atomic mass is 10.1. The summed E-state index contributed by atoms with van der Waals surface area (Å²) in [6, 6.07) is 0.571. The molecule has 1 aromatic rings. The Morgan fingerprint density at radius 1 is 1.50 bits per heavy atom. The van der Waals surface area contributed by atoms with Gasteiger partial charge in [0.15, 0.2) is 0 Å². The van der Waals surface area contributed by atoms with Crippen LogP contribution in [-0.2, 0) is 0 Å². The van der Waals surface area contributed by atoms with Crippen molar-refractivity contribution in [3.63, 3.8) is 0 Å². The highest BCUT2D eigenvalue weighted by molar-refractivity contribution is 7.07. The topological polar surface area (TPSA) is 45.1 Å². The van der Waals surface area contributed by atoms with Crippen molar-refractivity contribution >= 4 is 11.3 Å². The van der Waals surface area contributed by atoms with Gasteiger partial charge in [-0.2, -0.15) is 0 Å². The van der Waals surface area contributed by atoms with Crippen molar-refractivity contribution in [2.45, 2.75) is 45.4 Å². The van der Waals surface area contributed by atoms with Crippen LogP contribution in [0, 0.1) is 0 Å². The smallest absolute Gasteiger partial charge is 0.0795 e. The Morgan fingerprint density at radius 2 is 2.21 bits per heavy atom. The molecule has 14 heavy (non-hydrogen) atoms. The summed E-state index contributed by atoms with van der Waals surface area (Å²) in [6.45, 7) is 5.98. The SMILES string of the molecule is CC(O)CC(C)NC(C)c1cscn1. The normalized spacial score (nSPS) is 17.7. The molecule has 0 fully saturated rings. The summed E-state index contributed by atoms with van der Waals surface area (Å²) in [6.07, 6.45) is 0.522. The first-order valence-corrected chi connectivity index (χ1v) is 5.86. The average molecular weight is 214 g/mol. The molecule has 0 aliphatic carbocycles. The van der Waals surface area contributed by atoms with E-state index in [-0.39, 0.29) is 12.1 Å². The van der Waals surface area contributed by atoms with Crippen molar-refractivity contribution in [1.29, 1.82) is 0 Å². The van der Waals surface area contributed by atoms with E-state index >= 15 is 0 Å². The predicted octanol–water partition coefficient (Wildman–Crippen LogP) is 1.95. The lowest BCUT2D eigenvalue weighted by Gasteiger charge is -2.19. The molecule has 1 heterocycles. The third-order valence-corrected chi connectivity index (χ3v) is 2.73. The summed E-state index contributed by atoms with van der Waals surface area (Å²) in [5, 5.41) is 14.7. The van der Waals surface area contributed by atoms with Gasteiger partial charge in [-0.25, -0.2) is 4.98 Å². The number of hydrogen-bond acceptors (Lipinski definition) is 4. The van der Waals surface area contributed by atoms with Crippen molar-refractivity contribution in [2.24, 2.45) is 0 Å². The fourth-order valence-electron chi connectivity index (χ4n) is 1.53. The highest BCUT2D eigenvalue weighted by atomic mass is 32.1. The minimum Gasteiger partial charge on any atom is -0.393 e. The van der Waals surface area contributed by atoms with Crippen LogP contribution in [0.1, 0.15) is 38.9 Å². The number of aliphatic hydroxyl groups excluding tert-OH is 1. The summed E-state index contributed by atoms with van der Waals surface area (Å²) in [7, 11) is 0. The van der Waals surface area contributed by atoms with Crippen LogP contribution >= 0.6 is 11.3 Å². The van der Waals surface area contributed by atoms with Gasteiger partial charge in [0.05, 0.1) is 17.3 Å². The number of aromatic nitrogens is 1. The number of aliphatic hydroxyl groups is 1. The summed E-state index contributed by atoms with van der Waals surface area (Å²) in [5.74, 6) is 0. The molecule has 3 atom stereocenters. The van der Waals surface area contributed by atoms with Crippen LogP contribution in [0.25, 0.3) is 0 Å². The molecule has 1 aromatic heterocycles. The molecular weight excluding hydrogens is 196 g/mol. The van der Waals surface area contributed by atoms with Crippen LogP contribution in [0.4, 0.5) is 0 Å². The highest BCUT2D eigenvalue weighted by Gasteiger charge is 2.12. The molecule has 0 aliphatic heterocycles. The molecule has 0 aromatic carbocycles. The molecule has 0 saturated heterocycles. The number of thiazole rings is 1. The minimum absolute atomic E-state index is 0.250. The van der Waals surface area contributed by atoms with E-state index in [1.54, 1.807) is 11.3 Å². The molecule has 0 saturated carbocycles. The fourth-order valence-corrected chi connectivity index (χ4v) is 2.18. The zero-order valence-electron chi connectivity index (χ0n) is 8.90. The molecule has 3 unspecified atom stereocenters. The van der Waals surface area contributed by atoms with Gasteiger partial charge in [0, 0.05) is 17.5 Å². The van der Waals surface area contributed by atoms with E-state index < -0.39 is 0 Å². The van der Waals surface area contributed by atoms with Gasteiger partial charge < -0.3 is 10.4 Å². The van der Waals surface area contributed by atoms with E-state index in [1.165, 1.54) is 0 Å². The molecular formula is C10H18N2OS. The first-order chi connectivity index (χ1) is 6.59. The summed E-state index contributed by atoms with van der Waals surface area (Å²) in [4.78, 5) is 4.24. The second kappa shape index (κ2) is 5.44. The zero-order chi connectivity index (χ0) is 10.6. The van der Waals surface area contributed by atoms with Crippen molar-refractivity contribution in [3.05, 3.63) is 16.6 Å². The van der Waals surface area contributed by atoms with E-state index in [0.717, 1.165) is 12.1 Å². The highest BCUT2D eigenvalue weighted by Crippen LogP contribution is 2.13. The Balaban J connectivity index is 2.37. The van der Waals surface area contributed by atoms with Crippen LogP contribution in [0.15, 0.2) is 10.9 Å². The van der Waals surface area contributed by atoms with Gasteiger partial charge in [0.2, 0.25) is 0 Å². The maximum Gasteiger partial charge on any atom is 0.0795 e. The molecule has 3 nitrogen and oxygen atoms in total. The third-order valence-electron chi connectivity index (χ3n) is 2.12. The third kappa shape index (κ3) is 3.74. The second-order valence-corrected chi connectivity index (χ2v) is 4.51. The van der Waals surface area contributed by atoms with E-state index in [1.807, 2.05) is 17.8 Å². The zero-order valence-corrected chi connectivity index (χ0v) is 9.71. The maximum absolute atomic E-state index is 9.21. The van der Waals surface area contributed by atoms with Crippen LogP contribution in [0.5, 0.6) is 0 Å². The Kier molecular flexibility index (Phi) is 4.51. The Bertz CT molecular complexity index is 249. The quantitative estimate of drug-likeness (QED) is 0.787.